The molecule has 116 valence electrons. The van der Waals surface area contributed by atoms with Crippen LogP contribution in [0.5, 0.6) is 0 Å². The first kappa shape index (κ1) is 14.8. The minimum Gasteiger partial charge on any atom is -0.383 e. The third-order valence-electron chi connectivity index (χ3n) is 4.20. The lowest BCUT2D eigenvalue weighted by atomic mass is 9.79. The quantitative estimate of drug-likeness (QED) is 0.900. The van der Waals surface area contributed by atoms with E-state index < -0.39 is 5.60 Å². The molecule has 5 heteroatoms. The van der Waals surface area contributed by atoms with Crippen LogP contribution in [0, 0.1) is 6.92 Å². The lowest BCUT2D eigenvalue weighted by Gasteiger charge is -2.34. The van der Waals surface area contributed by atoms with Crippen molar-refractivity contribution in [3.63, 3.8) is 0 Å². The Bertz CT molecular complexity index is 680. The summed E-state index contributed by atoms with van der Waals surface area (Å²) in [6.07, 6.45) is 6.13. The Balaban J connectivity index is 1.65. The van der Waals surface area contributed by atoms with Crippen LogP contribution in [0.2, 0.25) is 0 Å². The first-order valence-electron chi connectivity index (χ1n) is 7.63. The van der Waals surface area contributed by atoms with Gasteiger partial charge in [-0.3, -0.25) is 9.48 Å². The molecule has 2 aromatic rings. The van der Waals surface area contributed by atoms with Gasteiger partial charge >= 0.3 is 0 Å². The highest BCUT2D eigenvalue weighted by atomic mass is 16.3. The zero-order valence-corrected chi connectivity index (χ0v) is 12.7. The summed E-state index contributed by atoms with van der Waals surface area (Å²) in [5.74, 6) is -0.139. The Morgan fingerprint density at radius 1 is 1.45 bits per heavy atom. The lowest BCUT2D eigenvalue weighted by Crippen LogP contribution is -2.43. The van der Waals surface area contributed by atoms with Crippen LogP contribution in [0.3, 0.4) is 0 Å². The molecule has 0 unspecified atom stereocenters. The molecule has 0 radical (unpaired) electrons. The van der Waals surface area contributed by atoms with Crippen LogP contribution in [0.25, 0.3) is 0 Å². The van der Waals surface area contributed by atoms with Crippen molar-refractivity contribution in [3.05, 3.63) is 53.3 Å². The minimum atomic E-state index is -0.968. The van der Waals surface area contributed by atoms with Gasteiger partial charge in [-0.1, -0.05) is 24.3 Å². The van der Waals surface area contributed by atoms with E-state index in [2.05, 4.69) is 10.4 Å². The Labute approximate surface area is 130 Å². The highest BCUT2D eigenvalue weighted by Crippen LogP contribution is 2.34. The second-order valence-corrected chi connectivity index (χ2v) is 6.03. The summed E-state index contributed by atoms with van der Waals surface area (Å²) in [6, 6.07) is 7.93. The highest BCUT2D eigenvalue weighted by molar-refractivity contribution is 5.75. The normalized spacial score (nSPS) is 20.5. The summed E-state index contributed by atoms with van der Waals surface area (Å²) in [4.78, 5) is 12.0. The molecule has 5 nitrogen and oxygen atoms in total. The molecular formula is C17H21N3O2. The molecule has 0 fully saturated rings. The van der Waals surface area contributed by atoms with Crippen molar-refractivity contribution in [1.82, 2.24) is 15.1 Å². The third-order valence-corrected chi connectivity index (χ3v) is 4.20. The largest absolute Gasteiger partial charge is 0.383 e. The van der Waals surface area contributed by atoms with Crippen LogP contribution in [-0.4, -0.2) is 27.3 Å². The number of aryl methyl sites for hydroxylation is 2. The molecule has 0 spiro atoms. The van der Waals surface area contributed by atoms with Gasteiger partial charge in [0, 0.05) is 6.20 Å². The number of benzene rings is 1. The topological polar surface area (TPSA) is 67.2 Å². The highest BCUT2D eigenvalue weighted by Gasteiger charge is 2.34. The van der Waals surface area contributed by atoms with Gasteiger partial charge in [0.15, 0.2) is 0 Å². The fraction of sp³-hybridized carbons (Fsp3) is 0.412. The van der Waals surface area contributed by atoms with E-state index in [0.29, 0.717) is 6.42 Å². The third kappa shape index (κ3) is 3.04. The smallest absolute Gasteiger partial charge is 0.241 e. The lowest BCUT2D eigenvalue weighted by molar-refractivity contribution is -0.123. The van der Waals surface area contributed by atoms with Crippen LogP contribution in [0.4, 0.5) is 0 Å². The van der Waals surface area contributed by atoms with E-state index in [0.717, 1.165) is 24.0 Å². The predicted molar refractivity (Wildman–Crippen MR) is 83.3 cm³/mol. The molecular weight excluding hydrogens is 278 g/mol. The molecule has 1 heterocycles. The molecule has 0 saturated carbocycles. The Hall–Kier alpha value is -2.14. The minimum absolute atomic E-state index is 0.139. The number of fused-ring (bicyclic) bond motifs is 1. The summed E-state index contributed by atoms with van der Waals surface area (Å²) < 4.78 is 1.60. The van der Waals surface area contributed by atoms with Crippen LogP contribution >= 0.6 is 0 Å². The van der Waals surface area contributed by atoms with Crippen LogP contribution in [0.1, 0.15) is 29.5 Å². The second kappa shape index (κ2) is 5.93. The van der Waals surface area contributed by atoms with Crippen LogP contribution < -0.4 is 5.32 Å². The number of nitrogens with one attached hydrogen (secondary N) is 1. The monoisotopic (exact) mass is 299 g/mol. The predicted octanol–water partition coefficient (Wildman–Crippen LogP) is 1.53. The van der Waals surface area contributed by atoms with Crippen molar-refractivity contribution in [2.75, 3.05) is 6.54 Å². The molecule has 1 aromatic heterocycles. The fourth-order valence-corrected chi connectivity index (χ4v) is 3.08. The van der Waals surface area contributed by atoms with E-state index in [1.54, 1.807) is 10.9 Å². The van der Waals surface area contributed by atoms with Gasteiger partial charge in [-0.2, -0.15) is 5.10 Å². The maximum atomic E-state index is 12.0. The van der Waals surface area contributed by atoms with E-state index in [-0.39, 0.29) is 19.0 Å². The Morgan fingerprint density at radius 3 is 3.05 bits per heavy atom. The van der Waals surface area contributed by atoms with E-state index >= 15 is 0 Å². The van der Waals surface area contributed by atoms with Crippen molar-refractivity contribution in [2.24, 2.45) is 0 Å². The van der Waals surface area contributed by atoms with Crippen LogP contribution in [0.15, 0.2) is 36.7 Å². The van der Waals surface area contributed by atoms with E-state index in [9.17, 15) is 9.90 Å². The van der Waals surface area contributed by atoms with Crippen molar-refractivity contribution in [2.45, 2.75) is 38.3 Å². The second-order valence-electron chi connectivity index (χ2n) is 6.03. The first-order chi connectivity index (χ1) is 10.6. The van der Waals surface area contributed by atoms with Gasteiger partial charge in [0.25, 0.3) is 0 Å². The summed E-state index contributed by atoms with van der Waals surface area (Å²) in [6.45, 7) is 2.34. The molecule has 1 aliphatic rings. The molecule has 0 aliphatic heterocycles. The summed E-state index contributed by atoms with van der Waals surface area (Å²) >= 11 is 0. The molecule has 1 aromatic carbocycles. The number of aromatic nitrogens is 2. The van der Waals surface area contributed by atoms with Crippen molar-refractivity contribution < 1.29 is 9.90 Å². The molecule has 1 amide bonds. The Kier molecular flexibility index (Phi) is 3.98. The number of nitrogens with zero attached hydrogens (tertiary/aromatic N) is 2. The number of carbonyl (C=O) groups excluding carboxylic acids is 1. The van der Waals surface area contributed by atoms with Gasteiger partial charge in [-0.25, -0.2) is 0 Å². The van der Waals surface area contributed by atoms with Crippen molar-refractivity contribution in [3.8, 4) is 0 Å². The Morgan fingerprint density at radius 2 is 2.27 bits per heavy atom. The fourth-order valence-electron chi connectivity index (χ4n) is 3.08. The maximum absolute atomic E-state index is 12.0. The number of hydrogen-bond donors (Lipinski definition) is 2. The summed E-state index contributed by atoms with van der Waals surface area (Å²) in [5, 5.41) is 17.8. The van der Waals surface area contributed by atoms with E-state index in [4.69, 9.17) is 0 Å². The number of carbonyl (C=O) groups is 1. The van der Waals surface area contributed by atoms with Crippen molar-refractivity contribution >= 4 is 5.91 Å². The summed E-state index contributed by atoms with van der Waals surface area (Å²) in [7, 11) is 0. The van der Waals surface area contributed by atoms with E-state index in [1.165, 1.54) is 5.56 Å². The number of hydrogen-bond acceptors (Lipinski definition) is 3. The van der Waals surface area contributed by atoms with Gasteiger partial charge in [-0.15, -0.1) is 0 Å². The zero-order chi connectivity index (χ0) is 15.6. The van der Waals surface area contributed by atoms with E-state index in [1.807, 2.05) is 37.4 Å². The van der Waals surface area contributed by atoms with Gasteiger partial charge in [-0.05, 0) is 42.9 Å². The number of rotatable bonds is 4. The van der Waals surface area contributed by atoms with Gasteiger partial charge in [0.2, 0.25) is 5.91 Å². The molecule has 1 atom stereocenters. The molecule has 22 heavy (non-hydrogen) atoms. The van der Waals surface area contributed by atoms with Crippen molar-refractivity contribution in [1.29, 1.82) is 0 Å². The molecule has 2 N–H and O–H groups in total. The van der Waals surface area contributed by atoms with Gasteiger partial charge in [0.05, 0.1) is 12.7 Å². The van der Waals surface area contributed by atoms with Crippen LogP contribution in [-0.2, 0) is 23.4 Å². The molecule has 1 aliphatic carbocycles. The standard InChI is InChI=1S/C17H21N3O2/c1-13-9-19-20(10-13)11-16(21)18-12-17(22)8-4-6-14-5-2-3-7-15(14)17/h2-3,5,7,9-10,22H,4,6,8,11-12H2,1H3,(H,18,21)/t17-/m1/s1. The average Bonchev–Trinajstić information content (AvgIpc) is 2.91. The molecule has 0 bridgehead atoms. The number of aliphatic hydroxyl groups is 1. The molecule has 3 rings (SSSR count). The SMILES string of the molecule is Cc1cnn(CC(=O)NC[C@]2(O)CCCc3ccccc32)c1. The average molecular weight is 299 g/mol. The number of amides is 1. The first-order valence-corrected chi connectivity index (χ1v) is 7.63. The summed E-state index contributed by atoms with van der Waals surface area (Å²) in [5.41, 5.74) is 2.17. The zero-order valence-electron chi connectivity index (χ0n) is 12.7. The molecule has 0 saturated heterocycles. The van der Waals surface area contributed by atoms with Gasteiger partial charge < -0.3 is 10.4 Å². The maximum Gasteiger partial charge on any atom is 0.241 e. The van der Waals surface area contributed by atoms with Gasteiger partial charge in [0.1, 0.15) is 12.1 Å².